The highest BCUT2D eigenvalue weighted by Gasteiger charge is 2.73. The summed E-state index contributed by atoms with van der Waals surface area (Å²) >= 11 is 0. The van der Waals surface area contributed by atoms with Crippen LogP contribution in [-0.4, -0.2) is 52.0 Å². The van der Waals surface area contributed by atoms with E-state index in [1.807, 2.05) is 40.7 Å². The van der Waals surface area contributed by atoms with E-state index >= 15 is 0 Å². The predicted octanol–water partition coefficient (Wildman–Crippen LogP) is 5.22. The van der Waals surface area contributed by atoms with E-state index in [9.17, 15) is 24.9 Å². The summed E-state index contributed by atoms with van der Waals surface area (Å²) in [5.74, 6) is -0.502. The van der Waals surface area contributed by atoms with E-state index in [1.54, 1.807) is 0 Å². The van der Waals surface area contributed by atoms with Crippen molar-refractivity contribution < 1.29 is 29.6 Å². The molecule has 0 aromatic rings. The second kappa shape index (κ2) is 8.88. The zero-order chi connectivity index (χ0) is 29.0. The molecule has 5 aliphatic rings. The molecule has 0 aliphatic heterocycles. The van der Waals surface area contributed by atoms with E-state index in [0.29, 0.717) is 13.0 Å². The van der Waals surface area contributed by atoms with Gasteiger partial charge in [-0.1, -0.05) is 54.0 Å². The van der Waals surface area contributed by atoms with Crippen LogP contribution in [0.25, 0.3) is 0 Å². The predicted molar refractivity (Wildman–Crippen MR) is 149 cm³/mol. The summed E-state index contributed by atoms with van der Waals surface area (Å²) in [6, 6.07) is 0. The van der Waals surface area contributed by atoms with Crippen molar-refractivity contribution in [3.63, 3.8) is 0 Å². The average molecular weight is 545 g/mol. The summed E-state index contributed by atoms with van der Waals surface area (Å²) in [6.07, 6.45) is 5.25. The molecule has 0 saturated heterocycles. The maximum Gasteiger partial charge on any atom is 0.311 e. The number of hydrogen-bond donors (Lipinski definition) is 3. The molecule has 220 valence electrons. The van der Waals surface area contributed by atoms with Gasteiger partial charge in [-0.2, -0.15) is 0 Å². The molecule has 4 fully saturated rings. The lowest BCUT2D eigenvalue weighted by molar-refractivity contribution is -0.272. The summed E-state index contributed by atoms with van der Waals surface area (Å²) in [6.45, 7) is 17.4. The SMILES string of the molecule is CCCOC(=O)[C@@]1(C)CC[C@]2(C)CC[C@]3(C)C(=CC(=O)[C@@H]4[C@@]5(C)[C@@H](O)[C@H](O)[C@H](O)C(C)(C)[C@@H]5CC[C@]43C)[C@@H]2C1. The van der Waals surface area contributed by atoms with Gasteiger partial charge in [0.05, 0.1) is 24.2 Å². The van der Waals surface area contributed by atoms with E-state index in [-0.39, 0.29) is 34.4 Å². The van der Waals surface area contributed by atoms with E-state index < -0.39 is 45.9 Å². The Balaban J connectivity index is 1.60. The number of carbonyl (C=O) groups excluding carboxylic acids is 2. The van der Waals surface area contributed by atoms with Gasteiger partial charge in [0.15, 0.2) is 5.78 Å². The summed E-state index contributed by atoms with van der Waals surface area (Å²) < 4.78 is 5.66. The van der Waals surface area contributed by atoms with E-state index in [4.69, 9.17) is 4.74 Å². The van der Waals surface area contributed by atoms with Crippen LogP contribution >= 0.6 is 0 Å². The third-order valence-electron chi connectivity index (χ3n) is 13.6. The number of aliphatic hydroxyl groups excluding tert-OH is 3. The zero-order valence-electron chi connectivity index (χ0n) is 25.5. The zero-order valence-corrected chi connectivity index (χ0v) is 25.5. The topological polar surface area (TPSA) is 104 Å². The summed E-state index contributed by atoms with van der Waals surface area (Å²) in [4.78, 5) is 27.7. The van der Waals surface area contributed by atoms with Crippen LogP contribution < -0.4 is 0 Å². The lowest BCUT2D eigenvalue weighted by Gasteiger charge is -2.71. The van der Waals surface area contributed by atoms with Gasteiger partial charge in [-0.3, -0.25) is 9.59 Å². The van der Waals surface area contributed by atoms with Crippen LogP contribution in [0.3, 0.4) is 0 Å². The molecule has 0 aromatic heterocycles. The molecule has 0 amide bonds. The molecular weight excluding hydrogens is 492 g/mol. The minimum atomic E-state index is -1.29. The number of ketones is 1. The summed E-state index contributed by atoms with van der Waals surface area (Å²) in [5.41, 5.74) is -1.49. The Kier molecular flexibility index (Phi) is 6.66. The van der Waals surface area contributed by atoms with Gasteiger partial charge in [-0.25, -0.2) is 0 Å². The number of carbonyl (C=O) groups is 2. The Labute approximate surface area is 235 Å². The second-order valence-electron chi connectivity index (χ2n) is 16.0. The summed E-state index contributed by atoms with van der Waals surface area (Å²) in [7, 11) is 0. The van der Waals surface area contributed by atoms with Crippen molar-refractivity contribution in [3.8, 4) is 0 Å². The molecule has 0 aromatic carbocycles. The molecule has 4 saturated carbocycles. The van der Waals surface area contributed by atoms with Gasteiger partial charge in [0.25, 0.3) is 0 Å². The van der Waals surface area contributed by atoms with Gasteiger partial charge in [0.2, 0.25) is 0 Å². The van der Waals surface area contributed by atoms with Crippen molar-refractivity contribution in [1.82, 2.24) is 0 Å². The van der Waals surface area contributed by atoms with Crippen LogP contribution in [-0.2, 0) is 14.3 Å². The van der Waals surface area contributed by atoms with Crippen LogP contribution in [0.15, 0.2) is 11.6 Å². The smallest absolute Gasteiger partial charge is 0.311 e. The Morgan fingerprint density at radius 3 is 2.23 bits per heavy atom. The number of ether oxygens (including phenoxy) is 1. The molecule has 6 heteroatoms. The molecule has 0 heterocycles. The number of esters is 1. The Morgan fingerprint density at radius 2 is 1.59 bits per heavy atom. The average Bonchev–Trinajstić information content (AvgIpc) is 2.87. The Morgan fingerprint density at radius 1 is 0.949 bits per heavy atom. The van der Waals surface area contributed by atoms with Crippen molar-refractivity contribution in [1.29, 1.82) is 0 Å². The van der Waals surface area contributed by atoms with Crippen LogP contribution in [0.4, 0.5) is 0 Å². The molecule has 11 atom stereocenters. The molecule has 0 bridgehead atoms. The molecule has 0 radical (unpaired) electrons. The first-order chi connectivity index (χ1) is 17.9. The van der Waals surface area contributed by atoms with Crippen molar-refractivity contribution in [3.05, 3.63) is 11.6 Å². The van der Waals surface area contributed by atoms with E-state index in [2.05, 4.69) is 20.8 Å². The first kappa shape index (κ1) is 29.3. The minimum absolute atomic E-state index is 0.0348. The molecule has 39 heavy (non-hydrogen) atoms. The molecule has 0 unspecified atom stereocenters. The monoisotopic (exact) mass is 544 g/mol. The third-order valence-corrected chi connectivity index (χ3v) is 13.6. The standard InChI is InChI=1S/C33H52O6/c1-9-16-39-27(38)30(5)13-12-29(4)14-15-31(6)19(20(29)18-30)17-21(34)24-32(31,7)11-10-22-28(2,3)25(36)23(35)26(37)33(22,24)8/h17,20,22-26,35-37H,9-16,18H2,1-8H3/t20-,22-,23+,24-,25-,26-,29+,30-,31+,32+,33-/m0/s1. The molecule has 3 N–H and O–H groups in total. The lowest BCUT2D eigenvalue weighted by Crippen LogP contribution is -2.73. The van der Waals surface area contributed by atoms with Gasteiger partial charge in [0, 0.05) is 11.3 Å². The molecule has 5 aliphatic carbocycles. The number of hydrogen-bond acceptors (Lipinski definition) is 6. The normalized spacial score (nSPS) is 52.5. The lowest BCUT2D eigenvalue weighted by atomic mass is 9.33. The fourth-order valence-electron chi connectivity index (χ4n) is 10.8. The highest BCUT2D eigenvalue weighted by atomic mass is 16.5. The Hall–Kier alpha value is -1.24. The molecular formula is C33H52O6. The van der Waals surface area contributed by atoms with Gasteiger partial charge in [-0.05, 0) is 97.9 Å². The van der Waals surface area contributed by atoms with Crippen LogP contribution in [0.2, 0.25) is 0 Å². The van der Waals surface area contributed by atoms with Crippen LogP contribution in [0.5, 0.6) is 0 Å². The fraction of sp³-hybridized carbons (Fsp3) is 0.879. The van der Waals surface area contributed by atoms with Crippen molar-refractivity contribution in [2.24, 2.45) is 50.2 Å². The van der Waals surface area contributed by atoms with E-state index in [0.717, 1.165) is 44.9 Å². The summed E-state index contributed by atoms with van der Waals surface area (Å²) in [5, 5.41) is 33.6. The van der Waals surface area contributed by atoms with Crippen molar-refractivity contribution in [2.45, 2.75) is 125 Å². The number of allylic oxidation sites excluding steroid dienone is 2. The largest absolute Gasteiger partial charge is 0.465 e. The van der Waals surface area contributed by atoms with Gasteiger partial charge in [0.1, 0.15) is 6.10 Å². The number of fused-ring (bicyclic) bond motifs is 7. The number of rotatable bonds is 3. The van der Waals surface area contributed by atoms with Gasteiger partial charge < -0.3 is 20.1 Å². The third kappa shape index (κ3) is 3.62. The first-order valence-electron chi connectivity index (χ1n) is 15.4. The second-order valence-corrected chi connectivity index (χ2v) is 16.0. The van der Waals surface area contributed by atoms with Crippen LogP contribution in [0, 0.1) is 50.2 Å². The molecule has 5 rings (SSSR count). The first-order valence-corrected chi connectivity index (χ1v) is 15.4. The molecule has 0 spiro atoms. The van der Waals surface area contributed by atoms with Crippen molar-refractivity contribution >= 4 is 11.8 Å². The highest BCUT2D eigenvalue weighted by Crippen LogP contribution is 2.75. The number of aliphatic hydroxyl groups is 3. The fourth-order valence-corrected chi connectivity index (χ4v) is 10.8. The maximum absolute atomic E-state index is 14.4. The van der Waals surface area contributed by atoms with E-state index in [1.165, 1.54) is 5.57 Å². The Bertz CT molecular complexity index is 1080. The maximum atomic E-state index is 14.4. The van der Waals surface area contributed by atoms with Gasteiger partial charge >= 0.3 is 5.97 Å². The highest BCUT2D eigenvalue weighted by molar-refractivity contribution is 5.96. The van der Waals surface area contributed by atoms with Crippen molar-refractivity contribution in [2.75, 3.05) is 6.61 Å². The quantitative estimate of drug-likeness (QED) is 0.421. The van der Waals surface area contributed by atoms with Gasteiger partial charge in [-0.15, -0.1) is 0 Å². The van der Waals surface area contributed by atoms with Crippen LogP contribution in [0.1, 0.15) is 107 Å². The molecule has 6 nitrogen and oxygen atoms in total. The minimum Gasteiger partial charge on any atom is -0.465 e.